The van der Waals surface area contributed by atoms with E-state index in [9.17, 15) is 18.3 Å². The van der Waals surface area contributed by atoms with Gasteiger partial charge < -0.3 is 20.7 Å². The van der Waals surface area contributed by atoms with Gasteiger partial charge in [0.15, 0.2) is 0 Å². The summed E-state index contributed by atoms with van der Waals surface area (Å²) in [5.41, 5.74) is 9.24. The Morgan fingerprint density at radius 3 is 2.33 bits per heavy atom. The number of sulfonamides is 1. The lowest BCUT2D eigenvalue weighted by atomic mass is 9.87. The number of rotatable bonds is 7. The summed E-state index contributed by atoms with van der Waals surface area (Å²) in [7, 11) is -3.88. The van der Waals surface area contributed by atoms with Crippen LogP contribution in [-0.2, 0) is 15.4 Å². The SMILES string of the molecule is CC(CO)N1CC(NS(=O)(=O)c2ccc(C(C)(C)C)cc2)=Cc2c1[nH]c(C(N)=O)c2-c1ccccc1. The van der Waals surface area contributed by atoms with Gasteiger partial charge in [-0.1, -0.05) is 63.2 Å². The van der Waals surface area contributed by atoms with Gasteiger partial charge in [0.1, 0.15) is 11.5 Å². The zero-order chi connectivity index (χ0) is 26.3. The number of aliphatic hydroxyl groups is 1. The number of nitrogens with one attached hydrogen (secondary N) is 2. The number of nitrogens with zero attached hydrogens (tertiary/aromatic N) is 1. The van der Waals surface area contributed by atoms with Gasteiger partial charge in [0.05, 0.1) is 24.1 Å². The van der Waals surface area contributed by atoms with Gasteiger partial charge >= 0.3 is 0 Å². The van der Waals surface area contributed by atoms with Crippen LogP contribution in [0.4, 0.5) is 5.82 Å². The Balaban J connectivity index is 1.80. The summed E-state index contributed by atoms with van der Waals surface area (Å²) in [6.07, 6.45) is 1.72. The summed E-state index contributed by atoms with van der Waals surface area (Å²) in [4.78, 5) is 17.4. The summed E-state index contributed by atoms with van der Waals surface area (Å²) < 4.78 is 29.3. The zero-order valence-corrected chi connectivity index (χ0v) is 21.7. The molecule has 1 amide bonds. The molecule has 4 rings (SSSR count). The standard InChI is InChI=1S/C27H32N4O4S/c1-17(16-32)31-15-20(30-36(34,35)21-12-10-19(11-13-21)27(2,3)4)14-22-23(18-8-6-5-7-9-18)24(25(28)33)29-26(22)31/h5-14,17,29-30,32H,15-16H2,1-4H3,(H2,28,33). The highest BCUT2D eigenvalue weighted by Gasteiger charge is 2.31. The monoisotopic (exact) mass is 508 g/mol. The summed E-state index contributed by atoms with van der Waals surface area (Å²) in [6.45, 7) is 8.03. The van der Waals surface area contributed by atoms with Crippen molar-refractivity contribution in [2.75, 3.05) is 18.1 Å². The first kappa shape index (κ1) is 25.5. The Kier molecular flexibility index (Phi) is 6.72. The Labute approximate surface area is 211 Å². The fourth-order valence-corrected chi connectivity index (χ4v) is 5.42. The number of nitrogens with two attached hydrogens (primary N) is 1. The van der Waals surface area contributed by atoms with E-state index in [0.29, 0.717) is 22.6 Å². The number of carbonyl (C=O) groups is 1. The topological polar surface area (TPSA) is 129 Å². The Bertz CT molecular complexity index is 1400. The van der Waals surface area contributed by atoms with Crippen LogP contribution in [0.2, 0.25) is 0 Å². The molecule has 2 heterocycles. The maximum Gasteiger partial charge on any atom is 0.265 e. The molecule has 0 radical (unpaired) electrons. The highest BCUT2D eigenvalue weighted by atomic mass is 32.2. The first-order valence-corrected chi connectivity index (χ1v) is 13.2. The van der Waals surface area contributed by atoms with Crippen LogP contribution in [0.3, 0.4) is 0 Å². The van der Waals surface area contributed by atoms with Crippen molar-refractivity contribution in [1.82, 2.24) is 9.71 Å². The average molecular weight is 509 g/mol. The third-order valence-corrected chi connectivity index (χ3v) is 7.79. The molecule has 1 atom stereocenters. The highest BCUT2D eigenvalue weighted by molar-refractivity contribution is 7.89. The number of carbonyl (C=O) groups excluding carboxylic acids is 1. The van der Waals surface area contributed by atoms with Gasteiger partial charge in [-0.25, -0.2) is 8.42 Å². The average Bonchev–Trinajstić information content (AvgIpc) is 3.22. The number of fused-ring (bicyclic) bond motifs is 1. The van der Waals surface area contributed by atoms with E-state index in [2.05, 4.69) is 30.5 Å². The second-order valence-corrected chi connectivity index (χ2v) is 11.8. The van der Waals surface area contributed by atoms with Gasteiger partial charge in [0.2, 0.25) is 0 Å². The molecule has 0 fully saturated rings. The lowest BCUT2D eigenvalue weighted by Gasteiger charge is -2.34. The predicted molar refractivity (Wildman–Crippen MR) is 142 cm³/mol. The molecule has 0 bridgehead atoms. The van der Waals surface area contributed by atoms with Crippen molar-refractivity contribution in [2.45, 2.75) is 44.0 Å². The Morgan fingerprint density at radius 2 is 1.78 bits per heavy atom. The van der Waals surface area contributed by atoms with Crippen molar-refractivity contribution in [1.29, 1.82) is 0 Å². The largest absolute Gasteiger partial charge is 0.394 e. The predicted octanol–water partition coefficient (Wildman–Crippen LogP) is 3.60. The third-order valence-electron chi connectivity index (χ3n) is 6.37. The van der Waals surface area contributed by atoms with Crippen molar-refractivity contribution in [3.63, 3.8) is 0 Å². The molecule has 1 aliphatic rings. The second kappa shape index (κ2) is 9.48. The van der Waals surface area contributed by atoms with Crippen molar-refractivity contribution < 1.29 is 18.3 Å². The minimum absolute atomic E-state index is 0.0980. The molecule has 36 heavy (non-hydrogen) atoms. The molecule has 8 nitrogen and oxygen atoms in total. The molecule has 0 saturated carbocycles. The first-order valence-electron chi connectivity index (χ1n) is 11.7. The van der Waals surface area contributed by atoms with E-state index in [1.54, 1.807) is 18.2 Å². The second-order valence-electron chi connectivity index (χ2n) is 10.1. The minimum Gasteiger partial charge on any atom is -0.394 e. The van der Waals surface area contributed by atoms with Gasteiger partial charge in [0, 0.05) is 16.8 Å². The normalized spacial score (nSPS) is 14.7. The molecule has 9 heteroatoms. The molecule has 1 aliphatic heterocycles. The Hall–Kier alpha value is -3.56. The van der Waals surface area contributed by atoms with Gasteiger partial charge in [-0.05, 0) is 41.7 Å². The van der Waals surface area contributed by atoms with Crippen LogP contribution in [0, 0.1) is 0 Å². The molecule has 190 valence electrons. The lowest BCUT2D eigenvalue weighted by Crippen LogP contribution is -2.42. The number of aromatic amines is 1. The molecule has 1 aromatic heterocycles. The molecular weight excluding hydrogens is 476 g/mol. The van der Waals surface area contributed by atoms with Crippen LogP contribution < -0.4 is 15.4 Å². The lowest BCUT2D eigenvalue weighted by molar-refractivity contribution is 0.0997. The number of hydrogen-bond donors (Lipinski definition) is 4. The van der Waals surface area contributed by atoms with Gasteiger partial charge in [-0.3, -0.25) is 9.52 Å². The summed E-state index contributed by atoms with van der Waals surface area (Å²) >= 11 is 0. The summed E-state index contributed by atoms with van der Waals surface area (Å²) in [5.74, 6) is -0.0315. The molecule has 0 saturated heterocycles. The fourth-order valence-electron chi connectivity index (χ4n) is 4.34. The number of anilines is 1. The zero-order valence-electron chi connectivity index (χ0n) is 20.9. The van der Waals surface area contributed by atoms with E-state index in [1.807, 2.05) is 54.3 Å². The van der Waals surface area contributed by atoms with Crippen LogP contribution in [0.5, 0.6) is 0 Å². The van der Waals surface area contributed by atoms with Crippen molar-refractivity contribution >= 4 is 27.8 Å². The van der Waals surface area contributed by atoms with Crippen LogP contribution in [0.15, 0.2) is 65.2 Å². The van der Waals surface area contributed by atoms with Crippen LogP contribution in [-0.4, -0.2) is 43.6 Å². The van der Waals surface area contributed by atoms with Crippen LogP contribution in [0.1, 0.15) is 49.3 Å². The molecule has 2 aromatic carbocycles. The van der Waals surface area contributed by atoms with Crippen molar-refractivity contribution in [3.8, 4) is 11.1 Å². The maximum absolute atomic E-state index is 13.3. The van der Waals surface area contributed by atoms with Crippen LogP contribution >= 0.6 is 0 Å². The smallest absolute Gasteiger partial charge is 0.265 e. The third kappa shape index (κ3) is 4.89. The fraction of sp³-hybridized carbons (Fsp3) is 0.296. The molecular formula is C27H32N4O4S. The number of H-pyrrole nitrogens is 1. The number of aliphatic hydroxyl groups excluding tert-OH is 1. The summed E-state index contributed by atoms with van der Waals surface area (Å²) in [6, 6.07) is 15.8. The summed E-state index contributed by atoms with van der Waals surface area (Å²) in [5, 5.41) is 9.90. The van der Waals surface area contributed by atoms with Crippen LogP contribution in [0.25, 0.3) is 17.2 Å². The molecule has 0 aliphatic carbocycles. The number of benzene rings is 2. The van der Waals surface area contributed by atoms with E-state index in [-0.39, 0.29) is 35.2 Å². The Morgan fingerprint density at radius 1 is 1.14 bits per heavy atom. The first-order chi connectivity index (χ1) is 16.9. The van der Waals surface area contributed by atoms with E-state index in [0.717, 1.165) is 11.1 Å². The molecule has 3 aromatic rings. The quantitative estimate of drug-likeness (QED) is 0.388. The molecule has 5 N–H and O–H groups in total. The van der Waals surface area contributed by atoms with Crippen molar-refractivity contribution in [2.24, 2.45) is 5.73 Å². The highest BCUT2D eigenvalue weighted by Crippen LogP contribution is 2.39. The van der Waals surface area contributed by atoms with Crippen molar-refractivity contribution in [3.05, 3.63) is 77.1 Å². The maximum atomic E-state index is 13.3. The molecule has 0 spiro atoms. The van der Waals surface area contributed by atoms with E-state index in [1.165, 1.54) is 0 Å². The van der Waals surface area contributed by atoms with Gasteiger partial charge in [-0.15, -0.1) is 0 Å². The number of primary amides is 1. The minimum atomic E-state index is -3.88. The number of amides is 1. The molecule has 1 unspecified atom stereocenters. The number of aromatic nitrogens is 1. The number of hydrogen-bond acceptors (Lipinski definition) is 5. The van der Waals surface area contributed by atoms with Gasteiger partial charge in [0.25, 0.3) is 15.9 Å². The van der Waals surface area contributed by atoms with E-state index >= 15 is 0 Å². The van der Waals surface area contributed by atoms with Gasteiger partial charge in [-0.2, -0.15) is 0 Å². The van der Waals surface area contributed by atoms with E-state index < -0.39 is 15.9 Å². The van der Waals surface area contributed by atoms with E-state index in [4.69, 9.17) is 5.73 Å².